The van der Waals surface area contributed by atoms with Crippen LogP contribution in [0.15, 0.2) is 29.8 Å². The van der Waals surface area contributed by atoms with Gasteiger partial charge in [0.15, 0.2) is 5.60 Å². The van der Waals surface area contributed by atoms with Crippen LogP contribution < -0.4 is 0 Å². The fraction of sp³-hybridized carbons (Fsp3) is 0.474. The van der Waals surface area contributed by atoms with Gasteiger partial charge in [-0.2, -0.15) is 0 Å². The van der Waals surface area contributed by atoms with Crippen molar-refractivity contribution in [3.63, 3.8) is 0 Å². The largest absolute Gasteiger partial charge is 0.461 e. The van der Waals surface area contributed by atoms with Crippen LogP contribution in [0.5, 0.6) is 0 Å². The Bertz CT molecular complexity index is 672. The summed E-state index contributed by atoms with van der Waals surface area (Å²) in [4.78, 5) is 23.9. The SMILES string of the molecule is CC(C)(C)CC(=O)OCC1(CO)C/C(=C\c2ccc(F)cc2)C(=O)O1. The number of halogens is 1. The number of aliphatic hydroxyl groups is 1. The maximum absolute atomic E-state index is 13.0. The lowest BCUT2D eigenvalue weighted by atomic mass is 9.92. The van der Waals surface area contributed by atoms with E-state index in [1.165, 1.54) is 24.3 Å². The van der Waals surface area contributed by atoms with E-state index in [9.17, 15) is 19.1 Å². The molecule has 0 bridgehead atoms. The zero-order valence-electron chi connectivity index (χ0n) is 14.7. The van der Waals surface area contributed by atoms with Gasteiger partial charge in [-0.1, -0.05) is 32.9 Å². The second kappa shape index (κ2) is 7.35. The van der Waals surface area contributed by atoms with Crippen molar-refractivity contribution in [2.75, 3.05) is 13.2 Å². The number of esters is 2. The molecule has 1 aliphatic rings. The van der Waals surface area contributed by atoms with E-state index in [1.54, 1.807) is 6.08 Å². The van der Waals surface area contributed by atoms with Gasteiger partial charge >= 0.3 is 11.9 Å². The van der Waals surface area contributed by atoms with Crippen molar-refractivity contribution in [3.05, 3.63) is 41.2 Å². The predicted octanol–water partition coefficient (Wildman–Crippen LogP) is 2.87. The minimum absolute atomic E-state index is 0.114. The first-order valence-corrected chi connectivity index (χ1v) is 8.08. The molecule has 1 atom stereocenters. The summed E-state index contributed by atoms with van der Waals surface area (Å²) in [5, 5.41) is 9.65. The fourth-order valence-corrected chi connectivity index (χ4v) is 2.50. The van der Waals surface area contributed by atoms with Crippen LogP contribution in [0.4, 0.5) is 4.39 Å². The molecule has 1 aromatic carbocycles. The molecule has 1 saturated heterocycles. The van der Waals surface area contributed by atoms with E-state index in [0.29, 0.717) is 11.1 Å². The first kappa shape index (κ1) is 19.1. The molecule has 1 N–H and O–H groups in total. The lowest BCUT2D eigenvalue weighted by Crippen LogP contribution is -2.39. The summed E-state index contributed by atoms with van der Waals surface area (Å²) < 4.78 is 23.4. The zero-order valence-corrected chi connectivity index (χ0v) is 14.7. The fourth-order valence-electron chi connectivity index (χ4n) is 2.50. The Balaban J connectivity index is 2.06. The van der Waals surface area contributed by atoms with Crippen LogP contribution in [0, 0.1) is 11.2 Å². The molecule has 1 aliphatic heterocycles. The Kier molecular flexibility index (Phi) is 5.62. The molecule has 1 unspecified atom stereocenters. The Morgan fingerprint density at radius 2 is 2.00 bits per heavy atom. The van der Waals surface area contributed by atoms with E-state index in [1.807, 2.05) is 20.8 Å². The highest BCUT2D eigenvalue weighted by molar-refractivity contribution is 5.96. The van der Waals surface area contributed by atoms with Crippen LogP contribution in [0.2, 0.25) is 0 Å². The smallest absolute Gasteiger partial charge is 0.334 e. The molecule has 0 spiro atoms. The Morgan fingerprint density at radius 1 is 1.36 bits per heavy atom. The topological polar surface area (TPSA) is 72.8 Å². The number of carbonyl (C=O) groups is 2. The van der Waals surface area contributed by atoms with Crippen LogP contribution in [0.1, 0.15) is 39.2 Å². The molecule has 1 aromatic rings. The second-order valence-electron chi connectivity index (χ2n) is 7.53. The third kappa shape index (κ3) is 5.39. The van der Waals surface area contributed by atoms with Crippen molar-refractivity contribution >= 4 is 18.0 Å². The number of hydrogen-bond donors (Lipinski definition) is 1. The van der Waals surface area contributed by atoms with E-state index in [0.717, 1.165) is 0 Å². The summed E-state index contributed by atoms with van der Waals surface area (Å²) in [6.45, 7) is 5.08. The maximum Gasteiger partial charge on any atom is 0.334 e. The minimum atomic E-state index is -1.27. The van der Waals surface area contributed by atoms with Crippen molar-refractivity contribution in [1.82, 2.24) is 0 Å². The van der Waals surface area contributed by atoms with Gasteiger partial charge in [0.25, 0.3) is 0 Å². The summed E-state index contributed by atoms with van der Waals surface area (Å²) in [5.41, 5.74) is -0.501. The molecule has 6 heteroatoms. The highest BCUT2D eigenvalue weighted by Gasteiger charge is 2.44. The van der Waals surface area contributed by atoms with E-state index >= 15 is 0 Å². The third-order valence-electron chi connectivity index (χ3n) is 3.75. The minimum Gasteiger partial charge on any atom is -0.461 e. The van der Waals surface area contributed by atoms with Gasteiger partial charge in [-0.05, 0) is 29.2 Å². The number of rotatable bonds is 5. The molecular weight excluding hydrogens is 327 g/mol. The first-order valence-electron chi connectivity index (χ1n) is 8.08. The lowest BCUT2D eigenvalue weighted by Gasteiger charge is -2.25. The maximum atomic E-state index is 13.0. The van der Waals surface area contributed by atoms with Crippen LogP contribution in [0.25, 0.3) is 6.08 Å². The van der Waals surface area contributed by atoms with E-state index in [4.69, 9.17) is 9.47 Å². The van der Waals surface area contributed by atoms with Gasteiger partial charge in [0.2, 0.25) is 0 Å². The molecule has 1 fully saturated rings. The normalized spacial score (nSPS) is 22.1. The molecule has 136 valence electrons. The van der Waals surface area contributed by atoms with Crippen molar-refractivity contribution < 1.29 is 28.6 Å². The summed E-state index contributed by atoms with van der Waals surface area (Å²) in [5.74, 6) is -1.36. The number of hydrogen-bond acceptors (Lipinski definition) is 5. The molecule has 1 heterocycles. The Labute approximate surface area is 146 Å². The second-order valence-corrected chi connectivity index (χ2v) is 7.53. The van der Waals surface area contributed by atoms with Crippen LogP contribution in [0.3, 0.4) is 0 Å². The monoisotopic (exact) mass is 350 g/mol. The van der Waals surface area contributed by atoms with Crippen molar-refractivity contribution in [3.8, 4) is 0 Å². The predicted molar refractivity (Wildman–Crippen MR) is 89.9 cm³/mol. The van der Waals surface area contributed by atoms with Crippen LogP contribution in [-0.4, -0.2) is 35.9 Å². The third-order valence-corrected chi connectivity index (χ3v) is 3.75. The number of benzene rings is 1. The molecule has 0 radical (unpaired) electrons. The van der Waals surface area contributed by atoms with Gasteiger partial charge in [-0.15, -0.1) is 0 Å². The van der Waals surface area contributed by atoms with E-state index in [-0.39, 0.29) is 30.7 Å². The number of ether oxygens (including phenoxy) is 2. The quantitative estimate of drug-likeness (QED) is 0.653. The highest BCUT2D eigenvalue weighted by Crippen LogP contribution is 2.32. The summed E-state index contributed by atoms with van der Waals surface area (Å²) in [6, 6.07) is 5.66. The molecule has 0 saturated carbocycles. The Morgan fingerprint density at radius 3 is 2.56 bits per heavy atom. The Hall–Kier alpha value is -2.21. The molecule has 5 nitrogen and oxygen atoms in total. The molecular formula is C19H23FO5. The van der Waals surface area contributed by atoms with Gasteiger partial charge in [-0.25, -0.2) is 9.18 Å². The van der Waals surface area contributed by atoms with Crippen molar-refractivity contribution in [2.24, 2.45) is 5.41 Å². The number of aliphatic hydroxyl groups excluding tert-OH is 1. The molecule has 2 rings (SSSR count). The van der Waals surface area contributed by atoms with Crippen molar-refractivity contribution in [1.29, 1.82) is 0 Å². The van der Waals surface area contributed by atoms with Gasteiger partial charge < -0.3 is 14.6 Å². The lowest BCUT2D eigenvalue weighted by molar-refractivity contribution is -0.167. The average Bonchev–Trinajstić information content (AvgIpc) is 2.83. The summed E-state index contributed by atoms with van der Waals surface area (Å²) in [7, 11) is 0. The zero-order chi connectivity index (χ0) is 18.7. The van der Waals surface area contributed by atoms with Crippen molar-refractivity contribution in [2.45, 2.75) is 39.2 Å². The number of cyclic esters (lactones) is 1. The van der Waals surface area contributed by atoms with E-state index < -0.39 is 24.1 Å². The van der Waals surface area contributed by atoms with E-state index in [2.05, 4.69) is 0 Å². The molecule has 0 aromatic heterocycles. The highest BCUT2D eigenvalue weighted by atomic mass is 19.1. The molecule has 25 heavy (non-hydrogen) atoms. The summed E-state index contributed by atoms with van der Waals surface area (Å²) >= 11 is 0. The average molecular weight is 350 g/mol. The van der Waals surface area contributed by atoms with Crippen LogP contribution in [-0.2, 0) is 19.1 Å². The van der Waals surface area contributed by atoms with Gasteiger partial charge in [0, 0.05) is 12.0 Å². The first-order chi connectivity index (χ1) is 11.6. The number of carbonyl (C=O) groups excluding carboxylic acids is 2. The molecule has 0 amide bonds. The van der Waals surface area contributed by atoms with Crippen LogP contribution >= 0.6 is 0 Å². The van der Waals surface area contributed by atoms with Gasteiger partial charge in [0.05, 0.1) is 13.0 Å². The van der Waals surface area contributed by atoms with Gasteiger partial charge in [-0.3, -0.25) is 4.79 Å². The van der Waals surface area contributed by atoms with Gasteiger partial charge in [0.1, 0.15) is 12.4 Å². The standard InChI is InChI=1S/C19H23FO5/c1-18(2,3)10-16(22)24-12-19(11-21)9-14(17(23)25-19)8-13-4-6-15(20)7-5-13/h4-8,21H,9-12H2,1-3H3/b14-8+. The summed E-state index contributed by atoms with van der Waals surface area (Å²) in [6.07, 6.45) is 1.92. The molecule has 0 aliphatic carbocycles.